The number of ether oxygens (including phenoxy) is 1. The van der Waals surface area contributed by atoms with Crippen LogP contribution in [0.15, 0.2) is 48.8 Å². The van der Waals surface area contributed by atoms with E-state index in [9.17, 15) is 4.39 Å². The van der Waals surface area contributed by atoms with E-state index >= 15 is 0 Å². The predicted molar refractivity (Wildman–Crippen MR) is 93.5 cm³/mol. The average Bonchev–Trinajstić information content (AvgIpc) is 3.10. The maximum Gasteiger partial charge on any atom is 0.222 e. The normalized spacial score (nSPS) is 19.2. The van der Waals surface area contributed by atoms with E-state index in [0.29, 0.717) is 23.0 Å². The van der Waals surface area contributed by atoms with Gasteiger partial charge in [0, 0.05) is 10.6 Å². The molecule has 25 heavy (non-hydrogen) atoms. The van der Waals surface area contributed by atoms with Gasteiger partial charge in [0.2, 0.25) is 5.95 Å². The number of benzene rings is 2. The highest BCUT2D eigenvalue weighted by Gasteiger charge is 2.32. The Morgan fingerprint density at radius 1 is 1.28 bits per heavy atom. The lowest BCUT2D eigenvalue weighted by atomic mass is 9.93. The van der Waals surface area contributed by atoms with E-state index in [2.05, 4.69) is 15.4 Å². The molecule has 0 amide bonds. The van der Waals surface area contributed by atoms with Crippen LogP contribution in [0.4, 0.5) is 10.3 Å². The first kappa shape index (κ1) is 15.9. The molecule has 2 aromatic carbocycles. The molecular weight excluding hydrogens is 343 g/mol. The number of hydrogen-bond acceptors (Lipinski definition) is 4. The zero-order valence-corrected chi connectivity index (χ0v) is 14.2. The predicted octanol–water partition coefficient (Wildman–Crippen LogP) is 4.23. The van der Waals surface area contributed by atoms with Crippen LogP contribution in [0.1, 0.15) is 29.6 Å². The first-order valence-corrected chi connectivity index (χ1v) is 8.29. The number of aromatic nitrogens is 3. The molecule has 5 nitrogen and oxygen atoms in total. The first-order valence-electron chi connectivity index (χ1n) is 7.91. The van der Waals surface area contributed by atoms with Crippen molar-refractivity contribution in [3.8, 4) is 5.75 Å². The van der Waals surface area contributed by atoms with Gasteiger partial charge in [-0.25, -0.2) is 9.07 Å². The maximum atomic E-state index is 14.5. The molecule has 1 N–H and O–H groups in total. The third-order valence-electron chi connectivity index (χ3n) is 4.46. The zero-order valence-electron chi connectivity index (χ0n) is 13.5. The van der Waals surface area contributed by atoms with Crippen LogP contribution >= 0.6 is 11.6 Å². The van der Waals surface area contributed by atoms with Crippen LogP contribution in [0.25, 0.3) is 0 Å². The van der Waals surface area contributed by atoms with E-state index in [-0.39, 0.29) is 17.9 Å². The Hall–Kier alpha value is -2.60. The van der Waals surface area contributed by atoms with Gasteiger partial charge in [-0.1, -0.05) is 29.8 Å². The maximum absolute atomic E-state index is 14.5. The summed E-state index contributed by atoms with van der Waals surface area (Å²) in [5.74, 6) is 1.01. The second-order valence-corrected chi connectivity index (χ2v) is 6.30. The van der Waals surface area contributed by atoms with Gasteiger partial charge in [0.05, 0.1) is 19.2 Å². The van der Waals surface area contributed by atoms with Crippen LogP contribution in [0, 0.1) is 5.82 Å². The van der Waals surface area contributed by atoms with Gasteiger partial charge in [0.1, 0.15) is 17.9 Å². The van der Waals surface area contributed by atoms with Gasteiger partial charge in [-0.05, 0) is 36.2 Å². The number of anilines is 1. The second kappa shape index (κ2) is 6.37. The molecule has 2 heterocycles. The summed E-state index contributed by atoms with van der Waals surface area (Å²) in [6.45, 7) is 0. The minimum Gasteiger partial charge on any atom is -0.497 e. The molecule has 1 aromatic heterocycles. The number of nitrogens with one attached hydrogen (secondary N) is 1. The summed E-state index contributed by atoms with van der Waals surface area (Å²) >= 11 is 6.30. The van der Waals surface area contributed by atoms with Crippen LogP contribution < -0.4 is 10.1 Å². The molecule has 1 aliphatic heterocycles. The Balaban J connectivity index is 1.78. The van der Waals surface area contributed by atoms with Crippen LogP contribution in [0.3, 0.4) is 0 Å². The fraction of sp³-hybridized carbons (Fsp3) is 0.222. The first-order chi connectivity index (χ1) is 12.2. The average molecular weight is 359 g/mol. The highest BCUT2D eigenvalue weighted by atomic mass is 35.5. The number of rotatable bonds is 3. The summed E-state index contributed by atoms with van der Waals surface area (Å²) in [4.78, 5) is 4.25. The topological polar surface area (TPSA) is 52.0 Å². The second-order valence-electron chi connectivity index (χ2n) is 5.89. The van der Waals surface area contributed by atoms with E-state index in [0.717, 1.165) is 11.3 Å². The summed E-state index contributed by atoms with van der Waals surface area (Å²) in [5.41, 5.74) is 1.47. The smallest absolute Gasteiger partial charge is 0.222 e. The number of hydrogen-bond donors (Lipinski definition) is 1. The van der Waals surface area contributed by atoms with Gasteiger partial charge in [0.25, 0.3) is 0 Å². The van der Waals surface area contributed by atoms with Crippen molar-refractivity contribution < 1.29 is 9.13 Å². The quantitative estimate of drug-likeness (QED) is 0.761. The van der Waals surface area contributed by atoms with Crippen molar-refractivity contribution in [2.75, 3.05) is 12.4 Å². The molecule has 2 atom stereocenters. The van der Waals surface area contributed by atoms with Gasteiger partial charge in [-0.3, -0.25) is 0 Å². The number of nitrogens with zero attached hydrogens (tertiary/aromatic N) is 3. The number of methoxy groups -OCH3 is 1. The molecule has 0 spiro atoms. The van der Waals surface area contributed by atoms with Crippen LogP contribution in [0.5, 0.6) is 5.75 Å². The van der Waals surface area contributed by atoms with Crippen LogP contribution in [-0.4, -0.2) is 21.9 Å². The number of fused-ring (bicyclic) bond motifs is 1. The molecule has 7 heteroatoms. The molecule has 0 aliphatic carbocycles. The highest BCUT2D eigenvalue weighted by Crippen LogP contribution is 2.40. The standard InChI is InChI=1S/C18H16ClFN4O/c1-25-12-5-2-4-11(8-12)15-9-16(24-18(23-15)21-10-22-24)17-13(19)6-3-7-14(17)20/h2-8,10,15-16H,9H2,1H3,(H,21,22,23)/t15-,16-/m0/s1. The van der Waals surface area contributed by atoms with Crippen molar-refractivity contribution in [2.24, 2.45) is 0 Å². The Kier molecular flexibility index (Phi) is 4.05. The molecule has 0 saturated carbocycles. The molecule has 1 aliphatic rings. The third-order valence-corrected chi connectivity index (χ3v) is 4.79. The van der Waals surface area contributed by atoms with E-state index in [1.165, 1.54) is 12.4 Å². The molecule has 0 bridgehead atoms. The van der Waals surface area contributed by atoms with E-state index in [1.54, 1.807) is 23.9 Å². The van der Waals surface area contributed by atoms with Crippen LogP contribution in [-0.2, 0) is 0 Å². The van der Waals surface area contributed by atoms with Gasteiger partial charge >= 0.3 is 0 Å². The lowest BCUT2D eigenvalue weighted by molar-refractivity contribution is 0.406. The highest BCUT2D eigenvalue weighted by molar-refractivity contribution is 6.31. The van der Waals surface area contributed by atoms with Crippen molar-refractivity contribution in [3.63, 3.8) is 0 Å². The molecule has 0 saturated heterocycles. The lowest BCUT2D eigenvalue weighted by Crippen LogP contribution is -2.28. The van der Waals surface area contributed by atoms with E-state index in [4.69, 9.17) is 16.3 Å². The monoisotopic (exact) mass is 358 g/mol. The Labute approximate surface area is 149 Å². The van der Waals surface area contributed by atoms with Crippen LogP contribution in [0.2, 0.25) is 5.02 Å². The molecule has 0 unspecified atom stereocenters. The Bertz CT molecular complexity index is 893. The minimum absolute atomic E-state index is 0.0625. The molecule has 0 fully saturated rings. The molecule has 4 rings (SSSR count). The summed E-state index contributed by atoms with van der Waals surface area (Å²) < 4.78 is 21.5. The van der Waals surface area contributed by atoms with Gasteiger partial charge in [-0.2, -0.15) is 10.1 Å². The molecule has 128 valence electrons. The SMILES string of the molecule is COc1cccc([C@@H]2C[C@@H](c3c(F)cccc3Cl)n3ncnc3N2)c1. The van der Waals surface area contributed by atoms with E-state index in [1.807, 2.05) is 24.3 Å². The fourth-order valence-electron chi connectivity index (χ4n) is 3.27. The van der Waals surface area contributed by atoms with E-state index < -0.39 is 0 Å². The lowest BCUT2D eigenvalue weighted by Gasteiger charge is -2.32. The Morgan fingerprint density at radius 2 is 2.12 bits per heavy atom. The molecular formula is C18H16ClFN4O. The summed E-state index contributed by atoms with van der Waals surface area (Å²) in [6, 6.07) is 12.1. The summed E-state index contributed by atoms with van der Waals surface area (Å²) in [5, 5.41) is 7.99. The molecule has 3 aromatic rings. The van der Waals surface area contributed by atoms with Crippen molar-refractivity contribution in [1.82, 2.24) is 14.8 Å². The van der Waals surface area contributed by atoms with Crippen molar-refractivity contribution in [2.45, 2.75) is 18.5 Å². The van der Waals surface area contributed by atoms with Gasteiger partial charge in [0.15, 0.2) is 0 Å². The largest absolute Gasteiger partial charge is 0.497 e. The fourth-order valence-corrected chi connectivity index (χ4v) is 3.56. The van der Waals surface area contributed by atoms with Crippen molar-refractivity contribution >= 4 is 17.5 Å². The van der Waals surface area contributed by atoms with Gasteiger partial charge < -0.3 is 10.1 Å². The summed E-state index contributed by atoms with van der Waals surface area (Å²) in [7, 11) is 1.63. The zero-order chi connectivity index (χ0) is 17.4. The minimum atomic E-state index is -0.344. The Morgan fingerprint density at radius 3 is 2.92 bits per heavy atom. The summed E-state index contributed by atoms with van der Waals surface area (Å²) in [6.07, 6.45) is 2.04. The van der Waals surface area contributed by atoms with Gasteiger partial charge in [-0.15, -0.1) is 0 Å². The van der Waals surface area contributed by atoms with Crippen molar-refractivity contribution in [3.05, 3.63) is 70.8 Å². The third kappa shape index (κ3) is 2.82. The number of halogens is 2. The molecule has 0 radical (unpaired) electrons. The van der Waals surface area contributed by atoms with Crippen molar-refractivity contribution in [1.29, 1.82) is 0 Å².